The third kappa shape index (κ3) is 5.46. The van der Waals surface area contributed by atoms with Crippen LogP contribution in [-0.4, -0.2) is 60.8 Å². The Balaban J connectivity index is 1.38. The monoisotopic (exact) mass is 452 g/mol. The molecule has 0 aliphatic carbocycles. The van der Waals surface area contributed by atoms with Gasteiger partial charge >= 0.3 is 0 Å². The fourth-order valence-corrected chi connectivity index (χ4v) is 3.82. The quantitative estimate of drug-likeness (QED) is 0.656. The summed E-state index contributed by atoms with van der Waals surface area (Å²) in [6, 6.07) is 12.5. The summed E-state index contributed by atoms with van der Waals surface area (Å²) >= 11 is 0. The lowest BCUT2D eigenvalue weighted by atomic mass is 10.1. The van der Waals surface area contributed by atoms with Gasteiger partial charge in [-0.1, -0.05) is 12.1 Å². The Morgan fingerprint density at radius 3 is 2.21 bits per heavy atom. The predicted molar refractivity (Wildman–Crippen MR) is 124 cm³/mol. The van der Waals surface area contributed by atoms with Gasteiger partial charge in [-0.3, -0.25) is 19.7 Å². The Kier molecular flexibility index (Phi) is 6.53. The van der Waals surface area contributed by atoms with Crippen LogP contribution in [0.2, 0.25) is 0 Å². The van der Waals surface area contributed by atoms with Gasteiger partial charge in [-0.25, -0.2) is 9.38 Å². The summed E-state index contributed by atoms with van der Waals surface area (Å²) in [6.07, 6.45) is -0.0471. The van der Waals surface area contributed by atoms with E-state index in [1.807, 2.05) is 9.80 Å². The summed E-state index contributed by atoms with van der Waals surface area (Å²) in [5.41, 5.74) is 1.70. The maximum atomic E-state index is 14.1. The smallest absolute Gasteiger partial charge is 0.249 e. The van der Waals surface area contributed by atoms with Gasteiger partial charge in [-0.2, -0.15) is 0 Å². The molecule has 3 N–H and O–H groups in total. The van der Waals surface area contributed by atoms with E-state index in [0.717, 1.165) is 0 Å². The number of benzene rings is 2. The summed E-state index contributed by atoms with van der Waals surface area (Å²) in [6.45, 7) is 3.61. The standard InChI is InChI=1S/C23H25FN6O3/c1-15(31)25-16-6-8-17(9-7-16)26-22(33)19-14-21(32)28-23(27-19)30-12-10-29(11-13-30)20-5-3-2-4-18(20)24/h2-9,19H,10-14H2,1H3,(H,25,31)(H,26,33)(H,27,28,32)/t19-/m0/s1. The van der Waals surface area contributed by atoms with Crippen molar-refractivity contribution in [2.45, 2.75) is 19.4 Å². The Morgan fingerprint density at radius 1 is 0.970 bits per heavy atom. The van der Waals surface area contributed by atoms with Gasteiger partial charge in [0.25, 0.3) is 0 Å². The molecule has 0 saturated carbocycles. The Bertz CT molecular complexity index is 1080. The molecule has 2 aliphatic rings. The first-order valence-corrected chi connectivity index (χ1v) is 10.7. The van der Waals surface area contributed by atoms with Crippen molar-refractivity contribution in [1.82, 2.24) is 10.2 Å². The number of nitrogens with zero attached hydrogens (tertiary/aromatic N) is 3. The van der Waals surface area contributed by atoms with Crippen LogP contribution in [0.1, 0.15) is 13.3 Å². The highest BCUT2D eigenvalue weighted by Crippen LogP contribution is 2.21. The zero-order valence-corrected chi connectivity index (χ0v) is 18.2. The fraction of sp³-hybridized carbons (Fsp3) is 0.304. The number of halogens is 1. The number of hydrogen-bond acceptors (Lipinski definition) is 6. The molecule has 1 saturated heterocycles. The van der Waals surface area contributed by atoms with Crippen molar-refractivity contribution in [3.63, 3.8) is 0 Å². The SMILES string of the molecule is CC(=O)Nc1ccc(NC(=O)[C@@H]2CC(=O)NC(N3CCN(c4ccccc4F)CC3)=N2)cc1. The summed E-state index contributed by atoms with van der Waals surface area (Å²) < 4.78 is 14.1. The third-order valence-corrected chi connectivity index (χ3v) is 5.46. The van der Waals surface area contributed by atoms with Crippen molar-refractivity contribution in [2.24, 2.45) is 4.99 Å². The number of amides is 3. The summed E-state index contributed by atoms with van der Waals surface area (Å²) in [4.78, 5) is 44.5. The van der Waals surface area contributed by atoms with Crippen molar-refractivity contribution in [3.8, 4) is 0 Å². The van der Waals surface area contributed by atoms with Crippen LogP contribution >= 0.6 is 0 Å². The van der Waals surface area contributed by atoms with E-state index in [1.165, 1.54) is 13.0 Å². The molecule has 172 valence electrons. The molecular weight excluding hydrogens is 427 g/mol. The first-order valence-electron chi connectivity index (χ1n) is 10.7. The van der Waals surface area contributed by atoms with Crippen LogP contribution in [-0.2, 0) is 14.4 Å². The van der Waals surface area contributed by atoms with Crippen molar-refractivity contribution >= 4 is 40.7 Å². The molecule has 2 aromatic carbocycles. The molecule has 0 aromatic heterocycles. The highest BCUT2D eigenvalue weighted by molar-refractivity contribution is 6.06. The zero-order chi connectivity index (χ0) is 23.4. The minimum Gasteiger partial charge on any atom is -0.366 e. The molecule has 4 rings (SSSR count). The van der Waals surface area contributed by atoms with Crippen LogP contribution < -0.4 is 20.9 Å². The van der Waals surface area contributed by atoms with E-state index in [4.69, 9.17) is 0 Å². The van der Waals surface area contributed by atoms with Crippen LogP contribution in [0, 0.1) is 5.82 Å². The van der Waals surface area contributed by atoms with E-state index in [1.54, 1.807) is 42.5 Å². The number of anilines is 3. The normalized spacial score (nSPS) is 18.3. The molecule has 0 unspecified atom stereocenters. The van der Waals surface area contributed by atoms with Crippen molar-refractivity contribution in [3.05, 3.63) is 54.3 Å². The average Bonchev–Trinajstić information content (AvgIpc) is 2.80. The number of rotatable bonds is 4. The van der Waals surface area contributed by atoms with Crippen molar-refractivity contribution in [1.29, 1.82) is 0 Å². The van der Waals surface area contributed by atoms with Gasteiger partial charge < -0.3 is 20.4 Å². The molecule has 3 amide bonds. The molecule has 2 aromatic rings. The maximum Gasteiger partial charge on any atom is 0.249 e. The second-order valence-corrected chi connectivity index (χ2v) is 7.89. The minimum absolute atomic E-state index is 0.0471. The number of hydrogen-bond donors (Lipinski definition) is 3. The van der Waals surface area contributed by atoms with E-state index in [9.17, 15) is 18.8 Å². The van der Waals surface area contributed by atoms with Crippen LogP contribution in [0.4, 0.5) is 21.5 Å². The molecule has 0 spiro atoms. The molecule has 2 aliphatic heterocycles. The van der Waals surface area contributed by atoms with Crippen molar-refractivity contribution < 1.29 is 18.8 Å². The molecular formula is C23H25FN6O3. The van der Waals surface area contributed by atoms with E-state index in [2.05, 4.69) is 20.9 Å². The topological polar surface area (TPSA) is 106 Å². The van der Waals surface area contributed by atoms with Gasteiger partial charge in [0.15, 0.2) is 0 Å². The van der Waals surface area contributed by atoms with Gasteiger partial charge in [-0.15, -0.1) is 0 Å². The summed E-state index contributed by atoms with van der Waals surface area (Å²) in [5.74, 6) is -0.759. The molecule has 9 nitrogen and oxygen atoms in total. The van der Waals surface area contributed by atoms with Gasteiger partial charge in [0.05, 0.1) is 12.1 Å². The van der Waals surface area contributed by atoms with E-state index < -0.39 is 6.04 Å². The Hall–Kier alpha value is -3.95. The Labute approximate surface area is 190 Å². The van der Waals surface area contributed by atoms with Crippen LogP contribution in [0.15, 0.2) is 53.5 Å². The maximum absolute atomic E-state index is 14.1. The minimum atomic E-state index is -0.853. The molecule has 0 bridgehead atoms. The molecule has 33 heavy (non-hydrogen) atoms. The van der Waals surface area contributed by atoms with Crippen molar-refractivity contribution in [2.75, 3.05) is 41.7 Å². The third-order valence-electron chi connectivity index (χ3n) is 5.46. The predicted octanol–water partition coefficient (Wildman–Crippen LogP) is 1.79. The van der Waals surface area contributed by atoms with Gasteiger partial charge in [0.2, 0.25) is 23.7 Å². The van der Waals surface area contributed by atoms with E-state index in [0.29, 0.717) is 49.2 Å². The molecule has 2 heterocycles. The Morgan fingerprint density at radius 2 is 1.58 bits per heavy atom. The lowest BCUT2D eigenvalue weighted by Crippen LogP contribution is -2.56. The first-order chi connectivity index (χ1) is 15.9. The second kappa shape index (κ2) is 9.68. The lowest BCUT2D eigenvalue weighted by molar-refractivity contribution is -0.125. The highest BCUT2D eigenvalue weighted by atomic mass is 19.1. The second-order valence-electron chi connectivity index (χ2n) is 7.89. The van der Waals surface area contributed by atoms with Gasteiger partial charge in [-0.05, 0) is 36.4 Å². The van der Waals surface area contributed by atoms with Gasteiger partial charge in [0.1, 0.15) is 11.9 Å². The molecule has 0 radical (unpaired) electrons. The number of para-hydroxylation sites is 1. The summed E-state index contributed by atoms with van der Waals surface area (Å²) in [5, 5.41) is 8.17. The van der Waals surface area contributed by atoms with Gasteiger partial charge in [0, 0.05) is 44.5 Å². The molecule has 10 heteroatoms. The average molecular weight is 452 g/mol. The number of carbonyl (C=O) groups excluding carboxylic acids is 3. The molecule has 1 atom stereocenters. The molecule has 1 fully saturated rings. The largest absolute Gasteiger partial charge is 0.366 e. The number of carbonyl (C=O) groups is 3. The number of nitrogens with one attached hydrogen (secondary N) is 3. The van der Waals surface area contributed by atoms with E-state index >= 15 is 0 Å². The van der Waals surface area contributed by atoms with E-state index in [-0.39, 0.29) is 30.0 Å². The lowest BCUT2D eigenvalue weighted by Gasteiger charge is -2.38. The van der Waals surface area contributed by atoms with Crippen LogP contribution in [0.3, 0.4) is 0 Å². The fourth-order valence-electron chi connectivity index (χ4n) is 3.82. The number of guanidine groups is 1. The van der Waals surface area contributed by atoms with Crippen LogP contribution in [0.5, 0.6) is 0 Å². The highest BCUT2D eigenvalue weighted by Gasteiger charge is 2.31. The number of piperazine rings is 1. The number of aliphatic imine (C=N–C) groups is 1. The van der Waals surface area contributed by atoms with Crippen LogP contribution in [0.25, 0.3) is 0 Å². The first kappa shape index (κ1) is 22.3. The zero-order valence-electron chi connectivity index (χ0n) is 18.2. The summed E-state index contributed by atoms with van der Waals surface area (Å²) in [7, 11) is 0.